The van der Waals surface area contributed by atoms with Crippen LogP contribution in [0.4, 0.5) is 5.69 Å². The van der Waals surface area contributed by atoms with Gasteiger partial charge in [0.25, 0.3) is 5.91 Å². The molecule has 0 spiro atoms. The molecule has 1 amide bonds. The highest BCUT2D eigenvalue weighted by Gasteiger charge is 2.29. The van der Waals surface area contributed by atoms with E-state index in [1.54, 1.807) is 48.5 Å². The first kappa shape index (κ1) is 20.1. The van der Waals surface area contributed by atoms with E-state index in [9.17, 15) is 13.2 Å². The number of anilines is 1. The van der Waals surface area contributed by atoms with Crippen molar-refractivity contribution in [2.75, 3.05) is 11.9 Å². The van der Waals surface area contributed by atoms with Crippen molar-refractivity contribution < 1.29 is 13.2 Å². The van der Waals surface area contributed by atoms with Crippen LogP contribution < -0.4 is 15.4 Å². The molecule has 0 aromatic heterocycles. The Morgan fingerprint density at radius 3 is 2.37 bits per heavy atom. The second-order valence-corrected chi connectivity index (χ2v) is 9.02. The van der Waals surface area contributed by atoms with Crippen LogP contribution in [0, 0.1) is 0 Å². The maximum atomic E-state index is 12.5. The highest BCUT2D eigenvalue weighted by Crippen LogP contribution is 2.30. The second kappa shape index (κ2) is 8.30. The molecule has 0 fully saturated rings. The van der Waals surface area contributed by atoms with Gasteiger partial charge < -0.3 is 10.6 Å². The molecule has 3 aromatic rings. The lowest BCUT2D eigenvalue weighted by Crippen LogP contribution is -2.38. The molecule has 2 atom stereocenters. The zero-order valence-corrected chi connectivity index (χ0v) is 17.3. The molecular weight excluding hydrogens is 398 g/mol. The normalized spacial score (nSPS) is 18.0. The molecule has 1 aliphatic rings. The summed E-state index contributed by atoms with van der Waals surface area (Å²) in [6.07, 6.45) is -0.597. The molecule has 154 valence electrons. The standard InChI is InChI=1S/C23H23N3O3S/c1-16(17-7-3-2-4-8-17)15-24-23(27)19-13-11-18(12-14-19)22-25-20-9-5-6-10-21(20)30(28,29)26-22/h2-14,16,22,25-26H,15H2,1H3,(H,24,27)/t16-,22-/m1/s1. The van der Waals surface area contributed by atoms with Crippen molar-refractivity contribution in [3.05, 3.63) is 95.6 Å². The van der Waals surface area contributed by atoms with Gasteiger partial charge in [-0.15, -0.1) is 0 Å². The Hall–Kier alpha value is -3.16. The number of hydrogen-bond acceptors (Lipinski definition) is 4. The summed E-state index contributed by atoms with van der Waals surface area (Å²) in [5.74, 6) is 0.0437. The molecule has 0 bridgehead atoms. The van der Waals surface area contributed by atoms with Crippen molar-refractivity contribution in [3.63, 3.8) is 0 Å². The predicted octanol–water partition coefficient (Wildman–Crippen LogP) is 3.62. The number of fused-ring (bicyclic) bond motifs is 1. The van der Waals surface area contributed by atoms with Gasteiger partial charge in [0.15, 0.2) is 0 Å². The summed E-state index contributed by atoms with van der Waals surface area (Å²) < 4.78 is 27.6. The average molecular weight is 422 g/mol. The lowest BCUT2D eigenvalue weighted by Gasteiger charge is -2.28. The maximum Gasteiger partial charge on any atom is 0.251 e. The van der Waals surface area contributed by atoms with E-state index in [-0.39, 0.29) is 16.7 Å². The molecule has 0 saturated heterocycles. The number of para-hydroxylation sites is 1. The monoisotopic (exact) mass is 421 g/mol. The molecule has 3 aromatic carbocycles. The van der Waals surface area contributed by atoms with Crippen molar-refractivity contribution >= 4 is 21.6 Å². The first-order valence-electron chi connectivity index (χ1n) is 9.75. The molecule has 30 heavy (non-hydrogen) atoms. The quantitative estimate of drug-likeness (QED) is 0.587. The molecule has 0 aliphatic carbocycles. The molecule has 0 radical (unpaired) electrons. The first-order chi connectivity index (χ1) is 14.4. The Labute approximate surface area is 176 Å². The van der Waals surface area contributed by atoms with Gasteiger partial charge in [-0.05, 0) is 41.3 Å². The van der Waals surface area contributed by atoms with E-state index >= 15 is 0 Å². The first-order valence-corrected chi connectivity index (χ1v) is 11.2. The van der Waals surface area contributed by atoms with Gasteiger partial charge in [0.05, 0.1) is 5.69 Å². The molecule has 1 heterocycles. The smallest absolute Gasteiger partial charge is 0.251 e. The Morgan fingerprint density at radius 2 is 1.63 bits per heavy atom. The Bertz CT molecular complexity index is 1150. The van der Waals surface area contributed by atoms with Crippen LogP contribution in [0.1, 0.15) is 40.5 Å². The van der Waals surface area contributed by atoms with Crippen LogP contribution >= 0.6 is 0 Å². The third-order valence-corrected chi connectivity index (χ3v) is 6.67. The molecular formula is C23H23N3O3S. The van der Waals surface area contributed by atoms with Crippen LogP contribution in [0.25, 0.3) is 0 Å². The van der Waals surface area contributed by atoms with E-state index in [1.807, 2.05) is 30.3 Å². The maximum absolute atomic E-state index is 12.5. The van der Waals surface area contributed by atoms with Gasteiger partial charge in [0, 0.05) is 12.1 Å². The van der Waals surface area contributed by atoms with E-state index in [0.29, 0.717) is 17.8 Å². The zero-order chi connectivity index (χ0) is 21.1. The SMILES string of the molecule is C[C@H](CNC(=O)c1ccc([C@@H]2Nc3ccccc3S(=O)(=O)N2)cc1)c1ccccc1. The summed E-state index contributed by atoms with van der Waals surface area (Å²) in [7, 11) is -3.60. The summed E-state index contributed by atoms with van der Waals surface area (Å²) in [6, 6.07) is 23.7. The fourth-order valence-electron chi connectivity index (χ4n) is 3.45. The summed E-state index contributed by atoms with van der Waals surface area (Å²) in [6.45, 7) is 2.60. The number of hydrogen-bond donors (Lipinski definition) is 3. The molecule has 0 unspecified atom stereocenters. The van der Waals surface area contributed by atoms with Gasteiger partial charge in [0.1, 0.15) is 11.1 Å². The second-order valence-electron chi connectivity index (χ2n) is 7.34. The topological polar surface area (TPSA) is 87.3 Å². The summed E-state index contributed by atoms with van der Waals surface area (Å²) in [5, 5.41) is 6.14. The van der Waals surface area contributed by atoms with E-state index in [1.165, 1.54) is 5.56 Å². The summed E-state index contributed by atoms with van der Waals surface area (Å²) in [5.41, 5.74) is 2.97. The largest absolute Gasteiger partial charge is 0.364 e. The van der Waals surface area contributed by atoms with Gasteiger partial charge in [-0.2, -0.15) is 4.72 Å². The van der Waals surface area contributed by atoms with Crippen LogP contribution in [0.5, 0.6) is 0 Å². The third kappa shape index (κ3) is 4.22. The van der Waals surface area contributed by atoms with E-state index < -0.39 is 16.2 Å². The molecule has 1 aliphatic heterocycles. The van der Waals surface area contributed by atoms with E-state index in [0.717, 1.165) is 5.56 Å². The number of sulfonamides is 1. The number of rotatable bonds is 5. The average Bonchev–Trinajstić information content (AvgIpc) is 2.77. The Balaban J connectivity index is 1.42. The van der Waals surface area contributed by atoms with Gasteiger partial charge in [-0.25, -0.2) is 8.42 Å². The van der Waals surface area contributed by atoms with Crippen LogP contribution in [-0.2, 0) is 10.0 Å². The number of benzene rings is 3. The molecule has 0 saturated carbocycles. The molecule has 3 N–H and O–H groups in total. The van der Waals surface area contributed by atoms with E-state index in [4.69, 9.17) is 0 Å². The number of carbonyl (C=O) groups is 1. The number of carbonyl (C=O) groups excluding carboxylic acids is 1. The van der Waals surface area contributed by atoms with Gasteiger partial charge in [-0.1, -0.05) is 61.5 Å². The lowest BCUT2D eigenvalue weighted by molar-refractivity contribution is 0.0951. The van der Waals surface area contributed by atoms with Crippen molar-refractivity contribution in [2.45, 2.75) is 23.9 Å². The summed E-state index contributed by atoms with van der Waals surface area (Å²) >= 11 is 0. The van der Waals surface area contributed by atoms with Gasteiger partial charge in [0.2, 0.25) is 10.0 Å². The predicted molar refractivity (Wildman–Crippen MR) is 117 cm³/mol. The minimum atomic E-state index is -3.60. The summed E-state index contributed by atoms with van der Waals surface area (Å²) in [4.78, 5) is 12.7. The lowest BCUT2D eigenvalue weighted by atomic mass is 10.0. The molecule has 7 heteroatoms. The van der Waals surface area contributed by atoms with E-state index in [2.05, 4.69) is 22.3 Å². The van der Waals surface area contributed by atoms with Crippen molar-refractivity contribution in [1.29, 1.82) is 0 Å². The fourth-order valence-corrected chi connectivity index (χ4v) is 4.76. The van der Waals surface area contributed by atoms with Gasteiger partial charge >= 0.3 is 0 Å². The Kier molecular flexibility index (Phi) is 5.57. The van der Waals surface area contributed by atoms with Gasteiger partial charge in [-0.3, -0.25) is 4.79 Å². The van der Waals surface area contributed by atoms with Crippen molar-refractivity contribution in [1.82, 2.24) is 10.0 Å². The highest BCUT2D eigenvalue weighted by molar-refractivity contribution is 7.89. The Morgan fingerprint density at radius 1 is 0.967 bits per heavy atom. The highest BCUT2D eigenvalue weighted by atomic mass is 32.2. The third-order valence-electron chi connectivity index (χ3n) is 5.19. The molecule has 6 nitrogen and oxygen atoms in total. The van der Waals surface area contributed by atoms with Crippen molar-refractivity contribution in [2.24, 2.45) is 0 Å². The van der Waals surface area contributed by atoms with Crippen LogP contribution in [0.2, 0.25) is 0 Å². The van der Waals surface area contributed by atoms with Crippen LogP contribution in [-0.4, -0.2) is 20.9 Å². The molecule has 4 rings (SSSR count). The minimum Gasteiger partial charge on any atom is -0.364 e. The zero-order valence-electron chi connectivity index (χ0n) is 16.5. The number of nitrogens with one attached hydrogen (secondary N) is 3. The fraction of sp³-hybridized carbons (Fsp3) is 0.174. The minimum absolute atomic E-state index is 0.160. The van der Waals surface area contributed by atoms with Crippen LogP contribution in [0.15, 0.2) is 83.8 Å². The van der Waals surface area contributed by atoms with Crippen LogP contribution in [0.3, 0.4) is 0 Å². The number of amides is 1. The van der Waals surface area contributed by atoms with Crippen molar-refractivity contribution in [3.8, 4) is 0 Å².